The zero-order chi connectivity index (χ0) is 28.8. The van der Waals surface area contributed by atoms with Crippen molar-refractivity contribution in [3.05, 3.63) is 59.6 Å². The Labute approximate surface area is 237 Å². The van der Waals surface area contributed by atoms with E-state index in [1.54, 1.807) is 40.9 Å². The highest BCUT2D eigenvalue weighted by Crippen LogP contribution is 2.40. The van der Waals surface area contributed by atoms with E-state index in [9.17, 15) is 4.79 Å². The summed E-state index contributed by atoms with van der Waals surface area (Å²) >= 11 is 0. The molecule has 0 radical (unpaired) electrons. The number of halogens is 2. The largest absolute Gasteiger partial charge is 0.380 e. The van der Waals surface area contributed by atoms with Gasteiger partial charge in [0.05, 0.1) is 36.2 Å². The molecule has 0 bridgehead atoms. The van der Waals surface area contributed by atoms with Gasteiger partial charge in [-0.3, -0.25) is 9.79 Å². The molecule has 11 heteroatoms. The summed E-state index contributed by atoms with van der Waals surface area (Å²) in [5, 5.41) is 7.98. The van der Waals surface area contributed by atoms with Gasteiger partial charge >= 0.3 is 0 Å². The number of ether oxygens (including phenoxy) is 1. The van der Waals surface area contributed by atoms with Crippen molar-refractivity contribution in [1.82, 2.24) is 19.5 Å². The van der Waals surface area contributed by atoms with E-state index in [0.717, 1.165) is 25.0 Å². The summed E-state index contributed by atoms with van der Waals surface area (Å²) in [6.45, 7) is 4.66. The lowest BCUT2D eigenvalue weighted by Crippen LogP contribution is -2.56. The Morgan fingerprint density at radius 1 is 1.20 bits per heavy atom. The van der Waals surface area contributed by atoms with Crippen LogP contribution in [0.4, 0.5) is 14.7 Å². The number of aliphatic imine (C=N–C) groups is 1. The number of likely N-dealkylation sites (N-methyl/N-ethyl adjacent to an activating group) is 1. The SMILES string of the molecule is CC(=O)N(C)C1C(C)CC(C2CC=NC=C2Nc2ncc3ccc(-c4c(F)cc(C5COC5)cc4F)nn23)CC1N. The molecule has 5 unspecified atom stereocenters. The van der Waals surface area contributed by atoms with Crippen molar-refractivity contribution in [2.75, 3.05) is 25.6 Å². The molecule has 0 spiro atoms. The Balaban J connectivity index is 1.25. The number of hydrogen-bond acceptors (Lipinski definition) is 7. The van der Waals surface area contributed by atoms with Crippen LogP contribution in [0.5, 0.6) is 0 Å². The predicted octanol–water partition coefficient (Wildman–Crippen LogP) is 4.35. The molecular formula is C30H35F2N7O2. The van der Waals surface area contributed by atoms with Crippen LogP contribution in [0.25, 0.3) is 16.8 Å². The molecule has 2 aliphatic heterocycles. The van der Waals surface area contributed by atoms with E-state index in [2.05, 4.69) is 27.3 Å². The lowest BCUT2D eigenvalue weighted by atomic mass is 9.69. The number of rotatable bonds is 6. The molecular weight excluding hydrogens is 528 g/mol. The number of anilines is 1. The topological polar surface area (TPSA) is 110 Å². The number of hydrogen-bond donors (Lipinski definition) is 2. The third-order valence-electron chi connectivity index (χ3n) is 8.93. The average Bonchev–Trinajstić information content (AvgIpc) is 3.29. The summed E-state index contributed by atoms with van der Waals surface area (Å²) < 4.78 is 37.0. The van der Waals surface area contributed by atoms with Gasteiger partial charge in [-0.15, -0.1) is 0 Å². The zero-order valence-corrected chi connectivity index (χ0v) is 23.4. The fourth-order valence-electron chi connectivity index (χ4n) is 6.67. The van der Waals surface area contributed by atoms with Gasteiger partial charge in [-0.2, -0.15) is 9.61 Å². The molecule has 2 fully saturated rings. The van der Waals surface area contributed by atoms with E-state index < -0.39 is 11.6 Å². The Morgan fingerprint density at radius 3 is 2.61 bits per heavy atom. The number of allylic oxidation sites excluding steroid dienone is 1. The summed E-state index contributed by atoms with van der Waals surface area (Å²) in [6.07, 6.45) is 7.80. The molecule has 6 rings (SSSR count). The monoisotopic (exact) mass is 563 g/mol. The van der Waals surface area contributed by atoms with Gasteiger partial charge in [0, 0.05) is 56.0 Å². The number of aromatic nitrogens is 3. The molecule has 41 heavy (non-hydrogen) atoms. The van der Waals surface area contributed by atoms with E-state index in [0.29, 0.717) is 30.2 Å². The molecule has 216 valence electrons. The van der Waals surface area contributed by atoms with Gasteiger partial charge in [-0.25, -0.2) is 13.8 Å². The number of amides is 1. The molecule has 1 amide bonds. The van der Waals surface area contributed by atoms with E-state index in [4.69, 9.17) is 10.5 Å². The quantitative estimate of drug-likeness (QED) is 0.462. The second kappa shape index (κ2) is 10.9. The van der Waals surface area contributed by atoms with Crippen molar-refractivity contribution in [3.63, 3.8) is 0 Å². The third kappa shape index (κ3) is 5.12. The second-order valence-electron chi connectivity index (χ2n) is 11.6. The summed E-state index contributed by atoms with van der Waals surface area (Å²) in [5.74, 6) is -0.218. The first-order valence-corrected chi connectivity index (χ1v) is 14.1. The lowest BCUT2D eigenvalue weighted by molar-refractivity contribution is -0.132. The molecule has 3 aromatic rings. The van der Waals surface area contributed by atoms with E-state index in [-0.39, 0.29) is 52.9 Å². The molecule has 5 atom stereocenters. The van der Waals surface area contributed by atoms with E-state index in [1.807, 2.05) is 13.3 Å². The van der Waals surface area contributed by atoms with Crippen LogP contribution in [-0.4, -0.2) is 64.0 Å². The maximum Gasteiger partial charge on any atom is 0.228 e. The fraction of sp³-hybridized carbons (Fsp3) is 0.467. The molecule has 1 saturated carbocycles. The first-order chi connectivity index (χ1) is 19.7. The summed E-state index contributed by atoms with van der Waals surface area (Å²) in [4.78, 5) is 22.7. The molecule has 1 saturated heterocycles. The fourth-order valence-corrected chi connectivity index (χ4v) is 6.67. The number of carbonyl (C=O) groups excluding carboxylic acids is 1. The van der Waals surface area contributed by atoms with Crippen molar-refractivity contribution in [3.8, 4) is 11.3 Å². The first kappa shape index (κ1) is 27.5. The maximum atomic E-state index is 15.1. The van der Waals surface area contributed by atoms with Crippen molar-refractivity contribution < 1.29 is 18.3 Å². The van der Waals surface area contributed by atoms with E-state index in [1.165, 1.54) is 12.1 Å². The van der Waals surface area contributed by atoms with Gasteiger partial charge < -0.3 is 20.7 Å². The number of carbonyl (C=O) groups is 1. The highest BCUT2D eigenvalue weighted by Gasteiger charge is 2.40. The van der Waals surface area contributed by atoms with Crippen molar-refractivity contribution in [2.45, 2.75) is 51.1 Å². The van der Waals surface area contributed by atoms with Crippen LogP contribution in [0.2, 0.25) is 0 Å². The molecule has 3 aliphatic rings. The van der Waals surface area contributed by atoms with Gasteiger partial charge in [0.2, 0.25) is 11.9 Å². The first-order valence-electron chi connectivity index (χ1n) is 14.1. The minimum Gasteiger partial charge on any atom is -0.380 e. The molecule has 2 aromatic heterocycles. The zero-order valence-electron chi connectivity index (χ0n) is 23.4. The summed E-state index contributed by atoms with van der Waals surface area (Å²) in [5.41, 5.74) is 8.79. The van der Waals surface area contributed by atoms with Crippen molar-refractivity contribution >= 4 is 23.6 Å². The standard InChI is InChI=1S/C30H35F2N7O2/c1-16-8-19(11-25(33)29(16)38(3)17(2)40)22-6-7-34-13-27(22)36-30-35-12-21-4-5-26(37-39(21)30)28-23(31)9-18(10-24(28)32)20-14-41-15-20/h4-5,7,9-10,12-13,16,19-20,22,25,29H,6,8,11,14-15,33H2,1-3H3,(H,35,36). The van der Waals surface area contributed by atoms with Crippen LogP contribution < -0.4 is 11.1 Å². The van der Waals surface area contributed by atoms with Gasteiger partial charge in [0.1, 0.15) is 11.6 Å². The Morgan fingerprint density at radius 2 is 1.95 bits per heavy atom. The van der Waals surface area contributed by atoms with Crippen LogP contribution in [0.1, 0.15) is 44.6 Å². The number of fused-ring (bicyclic) bond motifs is 1. The van der Waals surface area contributed by atoms with Crippen LogP contribution >= 0.6 is 0 Å². The Hall–Kier alpha value is -3.70. The molecule has 4 heterocycles. The van der Waals surface area contributed by atoms with Crippen LogP contribution in [0.3, 0.4) is 0 Å². The smallest absolute Gasteiger partial charge is 0.228 e. The van der Waals surface area contributed by atoms with Crippen LogP contribution in [0.15, 0.2) is 47.4 Å². The maximum absolute atomic E-state index is 15.1. The normalized spacial score (nSPS) is 26.5. The van der Waals surface area contributed by atoms with Crippen LogP contribution in [-0.2, 0) is 9.53 Å². The predicted molar refractivity (Wildman–Crippen MR) is 152 cm³/mol. The molecule has 1 aromatic carbocycles. The number of imidazole rings is 1. The number of nitrogens with zero attached hydrogens (tertiary/aromatic N) is 5. The summed E-state index contributed by atoms with van der Waals surface area (Å²) in [6, 6.07) is 5.94. The third-order valence-corrected chi connectivity index (χ3v) is 8.93. The number of nitrogens with two attached hydrogens (primary N) is 1. The van der Waals surface area contributed by atoms with Gasteiger partial charge in [-0.05, 0) is 60.9 Å². The molecule has 3 N–H and O–H groups in total. The minimum absolute atomic E-state index is 0.00262. The highest BCUT2D eigenvalue weighted by molar-refractivity contribution is 5.73. The van der Waals surface area contributed by atoms with E-state index >= 15 is 8.78 Å². The average molecular weight is 564 g/mol. The minimum atomic E-state index is -0.658. The molecule has 1 aliphatic carbocycles. The van der Waals surface area contributed by atoms with Gasteiger partial charge in [-0.1, -0.05) is 6.92 Å². The van der Waals surface area contributed by atoms with Crippen molar-refractivity contribution in [2.24, 2.45) is 28.5 Å². The van der Waals surface area contributed by atoms with Crippen LogP contribution in [0, 0.1) is 29.4 Å². The second-order valence-corrected chi connectivity index (χ2v) is 11.6. The molecule has 9 nitrogen and oxygen atoms in total. The van der Waals surface area contributed by atoms with Gasteiger partial charge in [0.25, 0.3) is 0 Å². The Bertz CT molecular complexity index is 1500. The van der Waals surface area contributed by atoms with Crippen molar-refractivity contribution in [1.29, 1.82) is 0 Å². The summed E-state index contributed by atoms with van der Waals surface area (Å²) in [7, 11) is 1.82. The number of nitrogens with one attached hydrogen (secondary N) is 1. The number of benzene rings is 1. The lowest BCUT2D eigenvalue weighted by Gasteiger charge is -2.45. The highest BCUT2D eigenvalue weighted by atomic mass is 19.1. The van der Waals surface area contributed by atoms with Gasteiger partial charge in [0.15, 0.2) is 0 Å². The Kier molecular flexibility index (Phi) is 7.33.